The van der Waals surface area contributed by atoms with Crippen LogP contribution in [0.15, 0.2) is 30.5 Å². The van der Waals surface area contributed by atoms with Gasteiger partial charge in [0.2, 0.25) is 0 Å². The Morgan fingerprint density at radius 3 is 2.75 bits per heavy atom. The highest BCUT2D eigenvalue weighted by atomic mass is 16.4. The standard InChI is InChI=1S/C17H21NO2/c19-17(20)15-6-7-16-14(12-15)9-11-18(16)10-8-13-4-2-1-3-5-13/h6-7,9,11-13H,1-5,8,10H2,(H,19,20). The summed E-state index contributed by atoms with van der Waals surface area (Å²) in [6.45, 7) is 1.04. The molecule has 1 saturated carbocycles. The Balaban J connectivity index is 1.73. The molecule has 0 radical (unpaired) electrons. The van der Waals surface area contributed by atoms with Crippen molar-refractivity contribution in [3.8, 4) is 0 Å². The molecule has 0 atom stereocenters. The van der Waals surface area contributed by atoms with E-state index in [0.29, 0.717) is 5.56 Å². The Hall–Kier alpha value is -1.77. The molecule has 1 aromatic carbocycles. The van der Waals surface area contributed by atoms with Gasteiger partial charge in [0, 0.05) is 23.6 Å². The van der Waals surface area contributed by atoms with Crippen molar-refractivity contribution < 1.29 is 9.90 Å². The maximum absolute atomic E-state index is 11.0. The smallest absolute Gasteiger partial charge is 0.335 e. The van der Waals surface area contributed by atoms with Gasteiger partial charge >= 0.3 is 5.97 Å². The number of hydrogen-bond donors (Lipinski definition) is 1. The van der Waals surface area contributed by atoms with Gasteiger partial charge in [-0.2, -0.15) is 0 Å². The third-order valence-electron chi connectivity index (χ3n) is 4.52. The molecule has 3 nitrogen and oxygen atoms in total. The molecule has 0 unspecified atom stereocenters. The van der Waals surface area contributed by atoms with E-state index in [2.05, 4.69) is 10.8 Å². The predicted molar refractivity (Wildman–Crippen MR) is 80.1 cm³/mol. The van der Waals surface area contributed by atoms with Crippen LogP contribution in [0.3, 0.4) is 0 Å². The summed E-state index contributed by atoms with van der Waals surface area (Å²) < 4.78 is 2.26. The highest BCUT2D eigenvalue weighted by molar-refractivity contribution is 5.93. The molecule has 3 rings (SSSR count). The molecule has 1 aliphatic rings. The minimum Gasteiger partial charge on any atom is -0.478 e. The molecule has 1 aromatic heterocycles. The van der Waals surface area contributed by atoms with E-state index < -0.39 is 5.97 Å². The van der Waals surface area contributed by atoms with Crippen molar-refractivity contribution in [1.29, 1.82) is 0 Å². The third kappa shape index (κ3) is 2.72. The van der Waals surface area contributed by atoms with Crippen molar-refractivity contribution >= 4 is 16.9 Å². The van der Waals surface area contributed by atoms with Crippen LogP contribution in [-0.4, -0.2) is 15.6 Å². The van der Waals surface area contributed by atoms with Crippen LogP contribution in [0, 0.1) is 5.92 Å². The van der Waals surface area contributed by atoms with Crippen LogP contribution in [0.4, 0.5) is 0 Å². The molecule has 20 heavy (non-hydrogen) atoms. The van der Waals surface area contributed by atoms with Gasteiger partial charge in [-0.1, -0.05) is 32.1 Å². The number of nitrogens with zero attached hydrogens (tertiary/aromatic N) is 1. The second kappa shape index (κ2) is 5.70. The molecule has 1 N–H and O–H groups in total. The average molecular weight is 271 g/mol. The minimum atomic E-state index is -0.859. The molecule has 106 valence electrons. The summed E-state index contributed by atoms with van der Waals surface area (Å²) in [5, 5.41) is 10.0. The fourth-order valence-corrected chi connectivity index (χ4v) is 3.33. The lowest BCUT2D eigenvalue weighted by Gasteiger charge is -2.21. The van der Waals surface area contributed by atoms with Crippen molar-refractivity contribution in [2.45, 2.75) is 45.1 Å². The molecule has 1 aliphatic carbocycles. The van der Waals surface area contributed by atoms with Gasteiger partial charge in [0.05, 0.1) is 5.56 Å². The van der Waals surface area contributed by atoms with Gasteiger partial charge < -0.3 is 9.67 Å². The fourth-order valence-electron chi connectivity index (χ4n) is 3.33. The lowest BCUT2D eigenvalue weighted by Crippen LogP contribution is -2.09. The first-order valence-electron chi connectivity index (χ1n) is 7.56. The number of aromatic nitrogens is 1. The van der Waals surface area contributed by atoms with Crippen LogP contribution in [0.5, 0.6) is 0 Å². The van der Waals surface area contributed by atoms with Crippen molar-refractivity contribution in [3.05, 3.63) is 36.0 Å². The minimum absolute atomic E-state index is 0.363. The van der Waals surface area contributed by atoms with Crippen LogP contribution >= 0.6 is 0 Å². The number of rotatable bonds is 4. The van der Waals surface area contributed by atoms with Crippen LogP contribution in [0.1, 0.15) is 48.9 Å². The Kier molecular flexibility index (Phi) is 3.77. The molecule has 0 spiro atoms. The van der Waals surface area contributed by atoms with Gasteiger partial charge in [0.15, 0.2) is 0 Å². The monoisotopic (exact) mass is 271 g/mol. The van der Waals surface area contributed by atoms with E-state index in [9.17, 15) is 4.79 Å². The van der Waals surface area contributed by atoms with Crippen molar-refractivity contribution in [2.24, 2.45) is 5.92 Å². The van der Waals surface area contributed by atoms with E-state index >= 15 is 0 Å². The molecule has 1 heterocycles. The Labute approximate surface area is 119 Å². The molecule has 0 bridgehead atoms. The second-order valence-electron chi connectivity index (χ2n) is 5.88. The zero-order chi connectivity index (χ0) is 13.9. The summed E-state index contributed by atoms with van der Waals surface area (Å²) in [7, 11) is 0. The molecule has 0 aliphatic heterocycles. The van der Waals surface area contributed by atoms with Gasteiger partial charge in [-0.25, -0.2) is 4.79 Å². The highest BCUT2D eigenvalue weighted by Crippen LogP contribution is 2.27. The maximum atomic E-state index is 11.0. The molecular formula is C17H21NO2. The van der Waals surface area contributed by atoms with E-state index in [1.807, 2.05) is 12.1 Å². The number of carbonyl (C=O) groups is 1. The zero-order valence-electron chi connectivity index (χ0n) is 11.7. The van der Waals surface area contributed by atoms with Gasteiger partial charge in [0.25, 0.3) is 0 Å². The topological polar surface area (TPSA) is 42.2 Å². The first-order chi connectivity index (χ1) is 9.74. The Morgan fingerprint density at radius 1 is 1.20 bits per heavy atom. The molecular weight excluding hydrogens is 250 g/mol. The summed E-state index contributed by atoms with van der Waals surface area (Å²) in [6, 6.07) is 7.40. The molecule has 3 heteroatoms. The van der Waals surface area contributed by atoms with Gasteiger partial charge in [-0.3, -0.25) is 0 Å². The van der Waals surface area contributed by atoms with Crippen LogP contribution in [0.2, 0.25) is 0 Å². The van der Waals surface area contributed by atoms with Gasteiger partial charge in [0.1, 0.15) is 0 Å². The number of carboxylic acids is 1. The Morgan fingerprint density at radius 2 is 2.00 bits per heavy atom. The van der Waals surface area contributed by atoms with E-state index in [4.69, 9.17) is 5.11 Å². The number of aromatic carboxylic acids is 1. The quantitative estimate of drug-likeness (QED) is 0.900. The van der Waals surface area contributed by atoms with Gasteiger partial charge in [-0.05, 0) is 36.6 Å². The van der Waals surface area contributed by atoms with Crippen LogP contribution in [0.25, 0.3) is 10.9 Å². The first kappa shape index (κ1) is 13.2. The van der Waals surface area contributed by atoms with Crippen molar-refractivity contribution in [3.63, 3.8) is 0 Å². The zero-order valence-corrected chi connectivity index (χ0v) is 11.7. The van der Waals surface area contributed by atoms with E-state index in [-0.39, 0.29) is 0 Å². The Bertz CT molecular complexity index is 608. The summed E-state index contributed by atoms with van der Waals surface area (Å²) in [5.74, 6) is 0.0151. The fraction of sp³-hybridized carbons (Fsp3) is 0.471. The number of aryl methyl sites for hydroxylation is 1. The summed E-state index contributed by atoms with van der Waals surface area (Å²) in [6.07, 6.45) is 10.3. The van der Waals surface area contributed by atoms with E-state index in [1.165, 1.54) is 38.5 Å². The third-order valence-corrected chi connectivity index (χ3v) is 4.52. The van der Waals surface area contributed by atoms with Crippen LogP contribution < -0.4 is 0 Å². The molecule has 0 amide bonds. The van der Waals surface area contributed by atoms with Crippen molar-refractivity contribution in [2.75, 3.05) is 0 Å². The summed E-state index contributed by atoms with van der Waals surface area (Å²) in [4.78, 5) is 11.0. The predicted octanol–water partition coefficient (Wildman–Crippen LogP) is 4.31. The normalized spacial score (nSPS) is 16.6. The van der Waals surface area contributed by atoms with Gasteiger partial charge in [-0.15, -0.1) is 0 Å². The van der Waals surface area contributed by atoms with Crippen LogP contribution in [-0.2, 0) is 6.54 Å². The number of hydrogen-bond acceptors (Lipinski definition) is 1. The second-order valence-corrected chi connectivity index (χ2v) is 5.88. The van der Waals surface area contributed by atoms with E-state index in [1.54, 1.807) is 12.1 Å². The molecule has 2 aromatic rings. The SMILES string of the molecule is O=C(O)c1ccc2c(ccn2CCC2CCCCC2)c1. The van der Waals surface area contributed by atoms with Crippen molar-refractivity contribution in [1.82, 2.24) is 4.57 Å². The lowest BCUT2D eigenvalue weighted by molar-refractivity contribution is 0.0697. The van der Waals surface area contributed by atoms with E-state index in [0.717, 1.165) is 23.4 Å². The summed E-state index contributed by atoms with van der Waals surface area (Å²) >= 11 is 0. The highest BCUT2D eigenvalue weighted by Gasteiger charge is 2.13. The summed E-state index contributed by atoms with van der Waals surface area (Å²) in [5.41, 5.74) is 1.51. The lowest BCUT2D eigenvalue weighted by atomic mass is 9.87. The largest absolute Gasteiger partial charge is 0.478 e. The average Bonchev–Trinajstić information content (AvgIpc) is 2.88. The maximum Gasteiger partial charge on any atom is 0.335 e. The number of fused-ring (bicyclic) bond motifs is 1. The number of benzene rings is 1. The first-order valence-corrected chi connectivity index (χ1v) is 7.56. The molecule has 1 fully saturated rings. The molecule has 0 saturated heterocycles. The number of carboxylic acid groups (broad SMARTS) is 1.